The molecule has 0 atom stereocenters. The molecule has 0 saturated heterocycles. The summed E-state index contributed by atoms with van der Waals surface area (Å²) in [6.45, 7) is 23.2. The van der Waals surface area contributed by atoms with Crippen molar-refractivity contribution in [2.24, 2.45) is 0 Å². The topological polar surface area (TPSA) is 404 Å². The summed E-state index contributed by atoms with van der Waals surface area (Å²) in [5.74, 6) is -1.72. The predicted octanol–water partition coefficient (Wildman–Crippen LogP) is 3.71. The number of carboxylic acid groups (broad SMARTS) is 1. The van der Waals surface area contributed by atoms with Gasteiger partial charge < -0.3 is 138 Å². The van der Waals surface area contributed by atoms with Crippen LogP contribution in [0.5, 0.6) is 0 Å². The van der Waals surface area contributed by atoms with Crippen LogP contribution in [0.4, 0.5) is 0 Å². The van der Waals surface area contributed by atoms with Gasteiger partial charge in [0.2, 0.25) is 5.91 Å². The van der Waals surface area contributed by atoms with Crippen LogP contribution in [0.2, 0.25) is 0 Å². The first-order valence-electron chi connectivity index (χ1n) is 42.1. The number of nitrogens with zero attached hydrogens (tertiary/aromatic N) is 1. The van der Waals surface area contributed by atoms with Crippen molar-refractivity contribution in [3.63, 3.8) is 0 Å². The maximum absolute atomic E-state index is 13.5. The number of imide groups is 1. The lowest BCUT2D eigenvalue weighted by atomic mass is 10.0. The number of aliphatic carboxylic acids is 1. The molecule has 2 N–H and O–H groups in total. The molecule has 0 spiro atoms. The van der Waals surface area contributed by atoms with E-state index in [0.29, 0.717) is 321 Å². The SMILES string of the molecule is CCCC(=O)CCOCC(COCCC(=O)CCC)(COCCC(=O)CCCOCCOCCOCCOCCOCCOCCOCCOCCOCCOCCOCCOCCC(=O)O)NC(=O)CCOCCOCCOCCOCCOCCOCCOCCOCCOCCOCCOCCOCCN1C(=O)c2ccccc2C1=O. The van der Waals surface area contributed by atoms with Crippen LogP contribution in [0.25, 0.3) is 0 Å². The number of rotatable bonds is 99. The van der Waals surface area contributed by atoms with Gasteiger partial charge in [-0.05, 0) is 31.4 Å². The zero-order valence-corrected chi connectivity index (χ0v) is 71.3. The Kier molecular flexibility index (Phi) is 79.2. The normalized spacial score (nSPS) is 12.3. The van der Waals surface area contributed by atoms with Gasteiger partial charge in [-0.15, -0.1) is 0 Å². The van der Waals surface area contributed by atoms with Gasteiger partial charge in [0.15, 0.2) is 0 Å². The molecule has 119 heavy (non-hydrogen) atoms. The Morgan fingerprint density at radius 2 is 0.479 bits per heavy atom. The maximum atomic E-state index is 13.5. The summed E-state index contributed by atoms with van der Waals surface area (Å²) in [5, 5.41) is 11.6. The lowest BCUT2D eigenvalue weighted by molar-refractivity contribution is -0.138. The molecule has 0 aliphatic carbocycles. The number of hydrogen-bond acceptors (Lipinski definition) is 34. The lowest BCUT2D eigenvalue weighted by Gasteiger charge is -2.34. The number of ketones is 3. The molecule has 692 valence electrons. The molecule has 0 radical (unpaired) electrons. The highest BCUT2D eigenvalue weighted by Crippen LogP contribution is 2.22. The number of Topliss-reactive ketones (excluding diaryl/α,β-unsaturated/α-hetero) is 3. The number of amides is 3. The summed E-state index contributed by atoms with van der Waals surface area (Å²) in [4.78, 5) is 87.5. The highest BCUT2D eigenvalue weighted by molar-refractivity contribution is 6.21. The minimum atomic E-state index is -1.21. The molecule has 0 fully saturated rings. The van der Waals surface area contributed by atoms with Gasteiger partial charge >= 0.3 is 5.97 Å². The van der Waals surface area contributed by atoms with E-state index in [0.717, 1.165) is 12.8 Å². The Labute approximate surface area is 703 Å². The number of hydrogen-bond donors (Lipinski definition) is 2. The maximum Gasteiger partial charge on any atom is 0.305 e. The van der Waals surface area contributed by atoms with Crippen molar-refractivity contribution in [3.8, 4) is 0 Å². The Hall–Kier alpha value is -4.77. The monoisotopic (exact) mass is 1720 g/mol. The average Bonchev–Trinajstić information content (AvgIpc) is 1.64. The van der Waals surface area contributed by atoms with Crippen molar-refractivity contribution in [2.45, 2.75) is 90.0 Å². The molecule has 37 heteroatoms. The van der Waals surface area contributed by atoms with Gasteiger partial charge in [0.25, 0.3) is 11.8 Å². The Morgan fingerprint density at radius 3 is 0.723 bits per heavy atom. The molecule has 37 nitrogen and oxygen atoms in total. The van der Waals surface area contributed by atoms with E-state index in [1.54, 1.807) is 24.3 Å². The number of benzene rings is 1. The summed E-state index contributed by atoms with van der Waals surface area (Å²) in [7, 11) is 0. The standard InChI is InChI=1S/C82H144N2O35/c1-3-8-73(85)13-20-117-70-82(71-118-21-14-74(86)9-4-2,72-119-22-15-75(87)10-7-19-93-26-30-97-34-38-101-42-46-105-50-54-109-58-62-113-66-67-115-64-60-111-56-52-107-48-44-103-40-36-99-32-28-95-24-17-79(89)90)83-78(88)16-23-94-27-31-98-35-39-102-43-47-106-51-55-110-59-63-114-68-69-116-65-61-112-57-53-108-49-45-104-41-37-100-33-29-96-25-18-84-80(91)76-11-5-6-12-77(76)81(84)92/h5-6,11-12H,3-4,7-10,13-72H2,1-2H3,(H,83,88)(H,89,90). The van der Waals surface area contributed by atoms with Gasteiger partial charge in [-0.3, -0.25) is 38.5 Å². The average molecular weight is 1720 g/mol. The van der Waals surface area contributed by atoms with Crippen LogP contribution in [0, 0.1) is 0 Å². The molecule has 1 aliphatic rings. The Morgan fingerprint density at radius 1 is 0.269 bits per heavy atom. The molecule has 1 heterocycles. The Bertz CT molecular complexity index is 2470. The highest BCUT2D eigenvalue weighted by atomic mass is 16.6. The zero-order chi connectivity index (χ0) is 85.6. The van der Waals surface area contributed by atoms with Crippen LogP contribution in [0.3, 0.4) is 0 Å². The Balaban J connectivity index is 1.40. The summed E-state index contributed by atoms with van der Waals surface area (Å²) >= 11 is 0. The van der Waals surface area contributed by atoms with Gasteiger partial charge in [0.1, 0.15) is 22.9 Å². The second-order valence-electron chi connectivity index (χ2n) is 26.4. The molecule has 0 saturated carbocycles. The van der Waals surface area contributed by atoms with E-state index < -0.39 is 11.5 Å². The summed E-state index contributed by atoms with van der Waals surface area (Å²) in [6, 6.07) is 6.78. The van der Waals surface area contributed by atoms with Crippen LogP contribution in [0.1, 0.15) is 105 Å². The van der Waals surface area contributed by atoms with E-state index in [1.165, 1.54) is 4.90 Å². The lowest BCUT2D eigenvalue weighted by Crippen LogP contribution is -2.59. The van der Waals surface area contributed by atoms with Crippen molar-refractivity contribution in [3.05, 3.63) is 35.4 Å². The fourth-order valence-corrected chi connectivity index (χ4v) is 10.2. The first-order chi connectivity index (χ1) is 58.5. The molecule has 1 aliphatic heterocycles. The summed E-state index contributed by atoms with van der Waals surface area (Å²) < 4.78 is 151. The number of ether oxygens (including phenoxy) is 27. The van der Waals surface area contributed by atoms with E-state index in [1.807, 2.05) is 13.8 Å². The van der Waals surface area contributed by atoms with Gasteiger partial charge in [0, 0.05) is 51.6 Å². The largest absolute Gasteiger partial charge is 0.481 e. The van der Waals surface area contributed by atoms with E-state index >= 15 is 0 Å². The van der Waals surface area contributed by atoms with Crippen LogP contribution in [-0.2, 0) is 152 Å². The fourth-order valence-electron chi connectivity index (χ4n) is 10.2. The van der Waals surface area contributed by atoms with Crippen LogP contribution < -0.4 is 5.32 Å². The van der Waals surface area contributed by atoms with E-state index in [4.69, 9.17) is 133 Å². The summed E-state index contributed by atoms with van der Waals surface area (Å²) in [6.07, 6.45) is 3.65. The number of nitrogens with one attached hydrogen (secondary N) is 1. The van der Waals surface area contributed by atoms with Crippen molar-refractivity contribution >= 4 is 41.0 Å². The van der Waals surface area contributed by atoms with Crippen molar-refractivity contribution in [1.29, 1.82) is 0 Å². The smallest absolute Gasteiger partial charge is 0.305 e. The molecule has 1 aromatic carbocycles. The molecule has 0 bridgehead atoms. The fraction of sp³-hybridized carbons (Fsp3) is 0.841. The second kappa shape index (κ2) is 85.4. The molecule has 1 aromatic rings. The molecule has 3 amide bonds. The van der Waals surface area contributed by atoms with Crippen LogP contribution >= 0.6 is 0 Å². The minimum Gasteiger partial charge on any atom is -0.481 e. The number of carbonyl (C=O) groups is 7. The van der Waals surface area contributed by atoms with Gasteiger partial charge in [-0.2, -0.15) is 0 Å². The van der Waals surface area contributed by atoms with E-state index in [9.17, 15) is 33.6 Å². The minimum absolute atomic E-state index is 0.00310. The van der Waals surface area contributed by atoms with Crippen LogP contribution in [-0.4, -0.2) is 420 Å². The van der Waals surface area contributed by atoms with Crippen molar-refractivity contribution in [2.75, 3.05) is 363 Å². The highest BCUT2D eigenvalue weighted by Gasteiger charge is 2.36. The van der Waals surface area contributed by atoms with Crippen LogP contribution in [0.15, 0.2) is 24.3 Å². The third kappa shape index (κ3) is 71.2. The third-order valence-corrected chi connectivity index (χ3v) is 16.4. The third-order valence-electron chi connectivity index (χ3n) is 16.4. The first-order valence-corrected chi connectivity index (χ1v) is 42.1. The molecular weight excluding hydrogens is 1570 g/mol. The zero-order valence-electron chi connectivity index (χ0n) is 71.3. The number of fused-ring (bicyclic) bond motifs is 1. The number of carbonyl (C=O) groups excluding carboxylic acids is 6. The number of carboxylic acids is 1. The first kappa shape index (κ1) is 110. The van der Waals surface area contributed by atoms with Crippen molar-refractivity contribution in [1.82, 2.24) is 10.2 Å². The van der Waals surface area contributed by atoms with Crippen molar-refractivity contribution < 1.29 is 167 Å². The van der Waals surface area contributed by atoms with Gasteiger partial charge in [0.05, 0.1) is 374 Å². The molecule has 2 rings (SSSR count). The molecule has 0 aromatic heterocycles. The predicted molar refractivity (Wildman–Crippen MR) is 430 cm³/mol. The van der Waals surface area contributed by atoms with Gasteiger partial charge in [-0.25, -0.2) is 0 Å². The van der Waals surface area contributed by atoms with Gasteiger partial charge in [-0.1, -0.05) is 26.0 Å². The second-order valence-corrected chi connectivity index (χ2v) is 26.4. The van der Waals surface area contributed by atoms with E-state index in [2.05, 4.69) is 5.32 Å². The molecular formula is C82H144N2O35. The molecule has 0 unspecified atom stereocenters. The van der Waals surface area contributed by atoms with E-state index in [-0.39, 0.29) is 146 Å². The summed E-state index contributed by atoms with van der Waals surface area (Å²) in [5.41, 5.74) is -0.356. The quantitative estimate of drug-likeness (QED) is 0.0693.